The third-order valence-electron chi connectivity index (χ3n) is 9.63. The van der Waals surface area contributed by atoms with Crippen molar-refractivity contribution in [3.63, 3.8) is 0 Å². The molecule has 0 fully saturated rings. The summed E-state index contributed by atoms with van der Waals surface area (Å²) in [5.41, 5.74) is 0. The van der Waals surface area contributed by atoms with Gasteiger partial charge in [-0.05, 0) is 89.9 Å². The van der Waals surface area contributed by atoms with Crippen molar-refractivity contribution in [1.82, 2.24) is 0 Å². The number of carbonyl (C=O) groups is 3. The number of hydrogen-bond donors (Lipinski definition) is 0. The van der Waals surface area contributed by atoms with Crippen molar-refractivity contribution < 1.29 is 28.6 Å². The van der Waals surface area contributed by atoms with E-state index in [1.807, 2.05) is 72.9 Å². The third kappa shape index (κ3) is 46.7. The van der Waals surface area contributed by atoms with Crippen LogP contribution in [0.5, 0.6) is 0 Å². The molecule has 0 spiro atoms. The molecule has 0 aromatic rings. The van der Waals surface area contributed by atoms with E-state index in [-0.39, 0.29) is 31.1 Å². The van der Waals surface area contributed by atoms with E-state index in [1.54, 1.807) is 0 Å². The van der Waals surface area contributed by atoms with Crippen LogP contribution in [0.4, 0.5) is 0 Å². The average Bonchev–Trinajstić information content (AvgIpc) is 3.26. The molecule has 1 unspecified atom stereocenters. The highest BCUT2D eigenvalue weighted by molar-refractivity contribution is 5.71. The van der Waals surface area contributed by atoms with E-state index in [9.17, 15) is 14.4 Å². The number of esters is 3. The Kier molecular flexibility index (Phi) is 45.1. The molecule has 0 saturated heterocycles. The summed E-state index contributed by atoms with van der Waals surface area (Å²) in [5, 5.41) is 0. The fourth-order valence-electron chi connectivity index (χ4n) is 6.04. The first kappa shape index (κ1) is 56.8. The first-order valence-corrected chi connectivity index (χ1v) is 24.1. The molecule has 61 heavy (non-hydrogen) atoms. The van der Waals surface area contributed by atoms with Gasteiger partial charge in [-0.15, -0.1) is 0 Å². The molecule has 0 aliphatic rings. The molecule has 342 valence electrons. The van der Waals surface area contributed by atoms with E-state index < -0.39 is 6.10 Å². The number of allylic oxidation sites excluding steroid dienone is 20. The van der Waals surface area contributed by atoms with E-state index in [4.69, 9.17) is 14.2 Å². The van der Waals surface area contributed by atoms with Crippen LogP contribution in [0.15, 0.2) is 122 Å². The number of rotatable bonds is 41. The summed E-state index contributed by atoms with van der Waals surface area (Å²) in [6.45, 7) is 6.27. The Hall–Kier alpha value is -4.19. The fraction of sp³-hybridized carbons (Fsp3) is 0.582. The SMILES string of the molecule is CC\C=C/C=C\C=C/C=C\C=C\C=C/C=C\CCCCCC(=O)OCC(COC(=O)CCCCCCC/C=C\CCCCC)OC(=O)CCCCCCC/C=C\C/C=C\CC. The molecule has 1 atom stereocenters. The van der Waals surface area contributed by atoms with Crippen LogP contribution in [0, 0.1) is 0 Å². The van der Waals surface area contributed by atoms with E-state index in [2.05, 4.69) is 69.4 Å². The van der Waals surface area contributed by atoms with Gasteiger partial charge in [-0.25, -0.2) is 0 Å². The summed E-state index contributed by atoms with van der Waals surface area (Å²) < 4.78 is 16.7. The Balaban J connectivity index is 4.53. The van der Waals surface area contributed by atoms with Crippen molar-refractivity contribution in [2.45, 2.75) is 194 Å². The van der Waals surface area contributed by atoms with E-state index in [0.29, 0.717) is 19.3 Å². The quantitative estimate of drug-likeness (QED) is 0.0201. The number of hydrogen-bond acceptors (Lipinski definition) is 6. The highest BCUT2D eigenvalue weighted by Crippen LogP contribution is 2.12. The van der Waals surface area contributed by atoms with Crippen LogP contribution < -0.4 is 0 Å². The molecule has 0 aromatic heterocycles. The smallest absolute Gasteiger partial charge is 0.306 e. The fourth-order valence-corrected chi connectivity index (χ4v) is 6.04. The molecule has 0 N–H and O–H groups in total. The molecule has 6 heteroatoms. The van der Waals surface area contributed by atoms with Crippen molar-refractivity contribution in [2.24, 2.45) is 0 Å². The highest BCUT2D eigenvalue weighted by atomic mass is 16.6. The predicted molar refractivity (Wildman–Crippen MR) is 260 cm³/mol. The molecular weight excluding hydrogens is 757 g/mol. The average molecular weight is 843 g/mol. The summed E-state index contributed by atoms with van der Waals surface area (Å²) in [6, 6.07) is 0. The lowest BCUT2D eigenvalue weighted by molar-refractivity contribution is -0.167. The minimum absolute atomic E-state index is 0.107. The van der Waals surface area contributed by atoms with E-state index in [0.717, 1.165) is 116 Å². The van der Waals surface area contributed by atoms with Crippen LogP contribution in [0.25, 0.3) is 0 Å². The maximum atomic E-state index is 12.7. The van der Waals surface area contributed by atoms with Gasteiger partial charge in [0, 0.05) is 19.3 Å². The molecule has 6 nitrogen and oxygen atoms in total. The van der Waals surface area contributed by atoms with Crippen molar-refractivity contribution >= 4 is 17.9 Å². The molecule has 0 aliphatic carbocycles. The van der Waals surface area contributed by atoms with Crippen LogP contribution in [-0.4, -0.2) is 37.2 Å². The van der Waals surface area contributed by atoms with Gasteiger partial charge >= 0.3 is 17.9 Å². The summed E-state index contributed by atoms with van der Waals surface area (Å²) in [7, 11) is 0. The van der Waals surface area contributed by atoms with Crippen LogP contribution in [-0.2, 0) is 28.6 Å². The normalized spacial score (nSPS) is 13.2. The first-order chi connectivity index (χ1) is 30.0. The van der Waals surface area contributed by atoms with Gasteiger partial charge < -0.3 is 14.2 Å². The van der Waals surface area contributed by atoms with Gasteiger partial charge in [-0.2, -0.15) is 0 Å². The molecule has 0 radical (unpaired) electrons. The molecule has 0 bridgehead atoms. The Morgan fingerprint density at radius 2 is 0.721 bits per heavy atom. The van der Waals surface area contributed by atoms with Gasteiger partial charge in [-0.3, -0.25) is 14.4 Å². The lowest BCUT2D eigenvalue weighted by Gasteiger charge is -2.18. The zero-order chi connectivity index (χ0) is 44.4. The minimum Gasteiger partial charge on any atom is -0.462 e. The molecule has 0 heterocycles. The van der Waals surface area contributed by atoms with Crippen molar-refractivity contribution in [3.05, 3.63) is 122 Å². The maximum absolute atomic E-state index is 12.7. The summed E-state index contributed by atoms with van der Waals surface area (Å²) in [6.07, 6.45) is 66.0. The predicted octanol–water partition coefficient (Wildman–Crippen LogP) is 15.7. The Labute approximate surface area is 373 Å². The summed E-state index contributed by atoms with van der Waals surface area (Å²) in [5.74, 6) is -0.989. The Morgan fingerprint density at radius 3 is 1.21 bits per heavy atom. The second kappa shape index (κ2) is 48.5. The van der Waals surface area contributed by atoms with Crippen LogP contribution >= 0.6 is 0 Å². The first-order valence-electron chi connectivity index (χ1n) is 24.1. The van der Waals surface area contributed by atoms with E-state index in [1.165, 1.54) is 32.1 Å². The largest absolute Gasteiger partial charge is 0.462 e. The lowest BCUT2D eigenvalue weighted by atomic mass is 10.1. The lowest BCUT2D eigenvalue weighted by Crippen LogP contribution is -2.30. The molecular formula is C55H86O6. The second-order valence-corrected chi connectivity index (χ2v) is 15.4. The summed E-state index contributed by atoms with van der Waals surface area (Å²) in [4.78, 5) is 37.8. The third-order valence-corrected chi connectivity index (χ3v) is 9.63. The maximum Gasteiger partial charge on any atom is 0.306 e. The van der Waals surface area contributed by atoms with Gasteiger partial charge in [-0.1, -0.05) is 200 Å². The summed E-state index contributed by atoms with van der Waals surface area (Å²) >= 11 is 0. The van der Waals surface area contributed by atoms with Crippen molar-refractivity contribution in [3.8, 4) is 0 Å². The molecule has 0 aromatic carbocycles. The van der Waals surface area contributed by atoms with Gasteiger partial charge in [0.25, 0.3) is 0 Å². The minimum atomic E-state index is -0.810. The standard InChI is InChI=1S/C55H86O6/c1-4-7-10-13-16-19-22-25-26-27-28-29-30-31-34-36-39-42-45-48-54(57)60-51-52(61-55(58)49-46-43-40-37-33-24-21-18-15-12-9-6-3)50-59-53(56)47-44-41-38-35-32-23-20-17-14-11-8-5-2/h7,9-10,12-13,16-22,25-31,34,52H,4-6,8,11,14-15,23-24,32-33,35-51H2,1-3H3/b10-7-,12-9-,16-13-,20-17-,21-18-,22-19-,26-25-,28-27+,30-29-,34-31-. The Bertz CT molecular complexity index is 1340. The van der Waals surface area contributed by atoms with Gasteiger partial charge in [0.15, 0.2) is 6.10 Å². The molecule has 0 saturated carbocycles. The molecule has 0 rings (SSSR count). The zero-order valence-electron chi connectivity index (χ0n) is 38.9. The topological polar surface area (TPSA) is 78.9 Å². The van der Waals surface area contributed by atoms with Crippen LogP contribution in [0.1, 0.15) is 188 Å². The monoisotopic (exact) mass is 843 g/mol. The van der Waals surface area contributed by atoms with Crippen LogP contribution in [0.3, 0.4) is 0 Å². The van der Waals surface area contributed by atoms with Gasteiger partial charge in [0.05, 0.1) is 0 Å². The number of unbranched alkanes of at least 4 members (excludes halogenated alkanes) is 16. The van der Waals surface area contributed by atoms with Crippen molar-refractivity contribution in [1.29, 1.82) is 0 Å². The van der Waals surface area contributed by atoms with Crippen LogP contribution in [0.2, 0.25) is 0 Å². The zero-order valence-corrected chi connectivity index (χ0v) is 38.9. The number of ether oxygens (including phenoxy) is 3. The van der Waals surface area contributed by atoms with E-state index >= 15 is 0 Å². The highest BCUT2D eigenvalue weighted by Gasteiger charge is 2.19. The number of carbonyl (C=O) groups excluding carboxylic acids is 3. The second-order valence-electron chi connectivity index (χ2n) is 15.4. The van der Waals surface area contributed by atoms with Gasteiger partial charge in [0.2, 0.25) is 0 Å². The van der Waals surface area contributed by atoms with Gasteiger partial charge in [0.1, 0.15) is 13.2 Å². The Morgan fingerprint density at radius 1 is 0.361 bits per heavy atom. The molecule has 0 aliphatic heterocycles. The molecule has 0 amide bonds. The van der Waals surface area contributed by atoms with Crippen molar-refractivity contribution in [2.75, 3.05) is 13.2 Å².